The van der Waals surface area contributed by atoms with Gasteiger partial charge in [-0.2, -0.15) is 13.2 Å². The lowest BCUT2D eigenvalue weighted by molar-refractivity contribution is -0.137. The predicted octanol–water partition coefficient (Wildman–Crippen LogP) is 4.53. The minimum atomic E-state index is -4.39. The van der Waals surface area contributed by atoms with Crippen molar-refractivity contribution in [1.29, 1.82) is 0 Å². The largest absolute Gasteiger partial charge is 0.441 e. The second kappa shape index (κ2) is 8.01. The van der Waals surface area contributed by atoms with Crippen LogP contribution < -0.4 is 0 Å². The van der Waals surface area contributed by atoms with E-state index in [0.717, 1.165) is 24.4 Å². The third-order valence-corrected chi connectivity index (χ3v) is 4.00. The van der Waals surface area contributed by atoms with Gasteiger partial charge in [0.15, 0.2) is 0 Å². The van der Waals surface area contributed by atoms with Gasteiger partial charge in [0.05, 0.1) is 17.9 Å². The van der Waals surface area contributed by atoms with Crippen molar-refractivity contribution in [2.75, 3.05) is 20.3 Å². The van der Waals surface area contributed by atoms with Gasteiger partial charge in [-0.15, -0.1) is 0 Å². The molecule has 0 spiro atoms. The first-order chi connectivity index (χ1) is 11.7. The highest BCUT2D eigenvalue weighted by Gasteiger charge is 2.31. The maximum atomic E-state index is 12.9. The number of alkyl halides is 3. The standard InChI is InChI=1S/C18H23F3N2O2/c1-12(2)23(8-9-24-4)11-16-13(3)25-17(22-16)14-6-5-7-15(10-14)18(19,20)21/h5-7,10,12H,8-9,11H2,1-4H3. The molecule has 2 aromatic rings. The number of oxazole rings is 1. The van der Waals surface area contributed by atoms with Gasteiger partial charge in [0.2, 0.25) is 5.89 Å². The van der Waals surface area contributed by atoms with Crippen molar-refractivity contribution >= 4 is 0 Å². The Labute approximate surface area is 145 Å². The van der Waals surface area contributed by atoms with Crippen LogP contribution in [0.15, 0.2) is 28.7 Å². The molecule has 0 aliphatic heterocycles. The Balaban J connectivity index is 2.25. The lowest BCUT2D eigenvalue weighted by atomic mass is 10.1. The van der Waals surface area contributed by atoms with E-state index in [0.29, 0.717) is 24.5 Å². The molecule has 0 amide bonds. The highest BCUT2D eigenvalue weighted by atomic mass is 19.4. The van der Waals surface area contributed by atoms with E-state index < -0.39 is 11.7 Å². The lowest BCUT2D eigenvalue weighted by Gasteiger charge is -2.25. The van der Waals surface area contributed by atoms with Gasteiger partial charge >= 0.3 is 6.18 Å². The van der Waals surface area contributed by atoms with Crippen LogP contribution in [0.4, 0.5) is 13.2 Å². The van der Waals surface area contributed by atoms with Crippen LogP contribution in [0.2, 0.25) is 0 Å². The number of methoxy groups -OCH3 is 1. The smallest absolute Gasteiger partial charge is 0.416 e. The number of aryl methyl sites for hydroxylation is 1. The molecule has 7 heteroatoms. The Bertz CT molecular complexity index is 696. The van der Waals surface area contributed by atoms with Crippen LogP contribution in [0, 0.1) is 6.92 Å². The molecule has 0 saturated heterocycles. The number of nitrogens with zero attached hydrogens (tertiary/aromatic N) is 2. The van der Waals surface area contributed by atoms with Gasteiger partial charge in [0, 0.05) is 31.8 Å². The average Bonchev–Trinajstić information content (AvgIpc) is 2.91. The first-order valence-electron chi connectivity index (χ1n) is 8.09. The zero-order chi connectivity index (χ0) is 18.6. The van der Waals surface area contributed by atoms with E-state index in [4.69, 9.17) is 9.15 Å². The molecule has 0 unspecified atom stereocenters. The summed E-state index contributed by atoms with van der Waals surface area (Å²) in [7, 11) is 1.64. The van der Waals surface area contributed by atoms with E-state index in [1.165, 1.54) is 6.07 Å². The van der Waals surface area contributed by atoms with Gasteiger partial charge in [-0.25, -0.2) is 4.98 Å². The van der Waals surface area contributed by atoms with Crippen LogP contribution >= 0.6 is 0 Å². The van der Waals surface area contributed by atoms with Gasteiger partial charge in [-0.3, -0.25) is 4.90 Å². The molecule has 0 N–H and O–H groups in total. The normalized spacial score (nSPS) is 12.4. The number of hydrogen-bond acceptors (Lipinski definition) is 4. The quantitative estimate of drug-likeness (QED) is 0.731. The van der Waals surface area contributed by atoms with Crippen LogP contribution in [0.5, 0.6) is 0 Å². The summed E-state index contributed by atoms with van der Waals surface area (Å²) >= 11 is 0. The fourth-order valence-electron chi connectivity index (χ4n) is 2.45. The van der Waals surface area contributed by atoms with Crippen molar-refractivity contribution < 1.29 is 22.3 Å². The highest BCUT2D eigenvalue weighted by Crippen LogP contribution is 2.32. The van der Waals surface area contributed by atoms with Crippen LogP contribution in [0.3, 0.4) is 0 Å². The van der Waals surface area contributed by atoms with E-state index in [9.17, 15) is 13.2 Å². The molecule has 0 fully saturated rings. The molecule has 1 heterocycles. The van der Waals surface area contributed by atoms with E-state index in [-0.39, 0.29) is 11.9 Å². The Morgan fingerprint density at radius 3 is 2.60 bits per heavy atom. The zero-order valence-corrected chi connectivity index (χ0v) is 14.9. The fourth-order valence-corrected chi connectivity index (χ4v) is 2.45. The van der Waals surface area contributed by atoms with Crippen LogP contribution in [-0.2, 0) is 17.5 Å². The minimum Gasteiger partial charge on any atom is -0.441 e. The number of rotatable bonds is 7. The third-order valence-electron chi connectivity index (χ3n) is 4.00. The van der Waals surface area contributed by atoms with Crippen molar-refractivity contribution in [2.45, 2.75) is 39.5 Å². The minimum absolute atomic E-state index is 0.203. The average molecular weight is 356 g/mol. The molecule has 0 saturated carbocycles. The summed E-state index contributed by atoms with van der Waals surface area (Å²) in [5.74, 6) is 0.810. The zero-order valence-electron chi connectivity index (χ0n) is 14.9. The van der Waals surface area contributed by atoms with E-state index in [1.54, 1.807) is 20.1 Å². The molecule has 1 aromatic carbocycles. The fraction of sp³-hybridized carbons (Fsp3) is 0.500. The number of ether oxygens (including phenoxy) is 1. The summed E-state index contributed by atoms with van der Waals surface area (Å²) in [5.41, 5.74) is 0.320. The molecule has 25 heavy (non-hydrogen) atoms. The van der Waals surface area contributed by atoms with Crippen LogP contribution in [-0.4, -0.2) is 36.2 Å². The summed E-state index contributed by atoms with van der Waals surface area (Å²) in [6.07, 6.45) is -4.39. The monoisotopic (exact) mass is 356 g/mol. The summed E-state index contributed by atoms with van der Waals surface area (Å²) in [5, 5.41) is 0. The maximum absolute atomic E-state index is 12.9. The lowest BCUT2D eigenvalue weighted by Crippen LogP contribution is -2.33. The van der Waals surface area contributed by atoms with Gasteiger partial charge in [-0.05, 0) is 39.0 Å². The SMILES string of the molecule is COCCN(Cc1nc(-c2cccc(C(F)(F)F)c2)oc1C)C(C)C. The molecule has 0 bridgehead atoms. The van der Waals surface area contributed by atoms with Crippen molar-refractivity contribution in [1.82, 2.24) is 9.88 Å². The first kappa shape index (κ1) is 19.5. The topological polar surface area (TPSA) is 38.5 Å². The second-order valence-electron chi connectivity index (χ2n) is 6.16. The second-order valence-corrected chi connectivity index (χ2v) is 6.16. The summed E-state index contributed by atoms with van der Waals surface area (Å²) < 4.78 is 49.4. The molecule has 2 rings (SSSR count). The summed E-state index contributed by atoms with van der Waals surface area (Å²) in [6, 6.07) is 5.29. The molecular formula is C18H23F3N2O2. The van der Waals surface area contributed by atoms with E-state index in [2.05, 4.69) is 23.7 Å². The van der Waals surface area contributed by atoms with Crippen molar-refractivity contribution in [3.8, 4) is 11.5 Å². The van der Waals surface area contributed by atoms with Crippen molar-refractivity contribution in [3.63, 3.8) is 0 Å². The predicted molar refractivity (Wildman–Crippen MR) is 89.1 cm³/mol. The van der Waals surface area contributed by atoms with Gasteiger partial charge in [-0.1, -0.05) is 6.07 Å². The van der Waals surface area contributed by atoms with Crippen LogP contribution in [0.25, 0.3) is 11.5 Å². The number of benzene rings is 1. The van der Waals surface area contributed by atoms with E-state index in [1.807, 2.05) is 0 Å². The molecule has 1 aromatic heterocycles. The molecule has 0 aliphatic carbocycles. The molecule has 4 nitrogen and oxygen atoms in total. The number of aromatic nitrogens is 1. The van der Waals surface area contributed by atoms with Gasteiger partial charge in [0.25, 0.3) is 0 Å². The molecule has 0 atom stereocenters. The summed E-state index contributed by atoms with van der Waals surface area (Å²) in [4.78, 5) is 6.59. The molecule has 0 radical (unpaired) electrons. The Morgan fingerprint density at radius 1 is 1.28 bits per heavy atom. The Morgan fingerprint density at radius 2 is 2.00 bits per heavy atom. The van der Waals surface area contributed by atoms with Gasteiger partial charge < -0.3 is 9.15 Å². The van der Waals surface area contributed by atoms with Gasteiger partial charge in [0.1, 0.15) is 5.76 Å². The Kier molecular flexibility index (Phi) is 6.24. The first-order valence-corrected chi connectivity index (χ1v) is 8.09. The third kappa shape index (κ3) is 5.06. The van der Waals surface area contributed by atoms with Crippen molar-refractivity contribution in [2.24, 2.45) is 0 Å². The molecule has 0 aliphatic rings. The van der Waals surface area contributed by atoms with Crippen LogP contribution in [0.1, 0.15) is 30.9 Å². The van der Waals surface area contributed by atoms with Crippen molar-refractivity contribution in [3.05, 3.63) is 41.3 Å². The molecule has 138 valence electrons. The van der Waals surface area contributed by atoms with E-state index >= 15 is 0 Å². The number of hydrogen-bond donors (Lipinski definition) is 0. The molecular weight excluding hydrogens is 333 g/mol. The summed E-state index contributed by atoms with van der Waals surface area (Å²) in [6.45, 7) is 7.79. The highest BCUT2D eigenvalue weighted by molar-refractivity contribution is 5.55. The maximum Gasteiger partial charge on any atom is 0.416 e. The number of halogens is 3. The Hall–Kier alpha value is -1.86.